The second-order valence-corrected chi connectivity index (χ2v) is 15.8. The molecule has 4 aliphatic heterocycles. The number of amides is 5. The SMILES string of the molecule is N#Cc1ccc(O[C@H]2CC[C@H](NC(=O)c3ccc(N4CCC(CN5CCc6cc7c(cc6C5)C(=O)N(C5CCC(=O)NC5=O)C7=O)CC4)cc3)CC2)cc1Cl. The molecule has 1 atom stereocenters. The van der Waals surface area contributed by atoms with Gasteiger partial charge in [-0.05, 0) is 117 Å². The van der Waals surface area contributed by atoms with Gasteiger partial charge in [-0.25, -0.2) is 0 Å². The monoisotopic (exact) mass is 762 g/mol. The second kappa shape index (κ2) is 15.5. The summed E-state index contributed by atoms with van der Waals surface area (Å²) in [6.45, 7) is 4.39. The Labute approximate surface area is 324 Å². The molecule has 3 aromatic rings. The zero-order valence-electron chi connectivity index (χ0n) is 30.5. The number of benzene rings is 3. The number of carbonyl (C=O) groups is 5. The number of ether oxygens (including phenoxy) is 1. The van der Waals surface area contributed by atoms with Crippen molar-refractivity contribution in [3.8, 4) is 11.8 Å². The van der Waals surface area contributed by atoms with Crippen molar-refractivity contribution in [2.45, 2.75) is 82.5 Å². The van der Waals surface area contributed by atoms with Gasteiger partial charge in [-0.1, -0.05) is 11.6 Å². The highest BCUT2D eigenvalue weighted by atomic mass is 35.5. The molecule has 1 saturated carbocycles. The molecule has 2 saturated heterocycles. The number of fused-ring (bicyclic) bond motifs is 2. The lowest BCUT2D eigenvalue weighted by molar-refractivity contribution is -0.136. The van der Waals surface area contributed by atoms with Gasteiger partial charge in [0.25, 0.3) is 17.7 Å². The minimum absolute atomic E-state index is 0.0413. The van der Waals surface area contributed by atoms with E-state index < -0.39 is 23.8 Å². The predicted molar refractivity (Wildman–Crippen MR) is 204 cm³/mol. The number of rotatable bonds is 8. The molecule has 55 heavy (non-hydrogen) atoms. The predicted octanol–water partition coefficient (Wildman–Crippen LogP) is 5.01. The number of carbonyl (C=O) groups excluding carboxylic acids is 5. The normalized spacial score (nSPS) is 23.2. The minimum Gasteiger partial charge on any atom is -0.490 e. The number of hydrogen-bond acceptors (Lipinski definition) is 9. The van der Waals surface area contributed by atoms with Gasteiger partial charge in [0.15, 0.2) is 0 Å². The van der Waals surface area contributed by atoms with Gasteiger partial charge < -0.3 is 15.0 Å². The Bertz CT molecular complexity index is 2080. The highest BCUT2D eigenvalue weighted by Gasteiger charge is 2.45. The van der Waals surface area contributed by atoms with Gasteiger partial charge in [0.2, 0.25) is 11.8 Å². The third-order valence-corrected chi connectivity index (χ3v) is 12.2. The van der Waals surface area contributed by atoms with E-state index in [1.807, 2.05) is 36.4 Å². The number of hydrogen-bond donors (Lipinski definition) is 2. The van der Waals surface area contributed by atoms with Crippen LogP contribution in [0.5, 0.6) is 5.75 Å². The maximum atomic E-state index is 13.4. The molecule has 0 spiro atoms. The third kappa shape index (κ3) is 7.68. The van der Waals surface area contributed by atoms with Crippen LogP contribution in [0, 0.1) is 17.2 Å². The van der Waals surface area contributed by atoms with Crippen LogP contribution >= 0.6 is 11.6 Å². The van der Waals surface area contributed by atoms with Crippen molar-refractivity contribution in [3.63, 3.8) is 0 Å². The van der Waals surface area contributed by atoms with Crippen molar-refractivity contribution in [3.05, 3.63) is 93.0 Å². The molecule has 5 amide bonds. The summed E-state index contributed by atoms with van der Waals surface area (Å²) in [5.74, 6) is -0.789. The first-order chi connectivity index (χ1) is 26.6. The summed E-state index contributed by atoms with van der Waals surface area (Å²) in [6, 6.07) is 17.9. The molecule has 0 radical (unpaired) electrons. The standard InChI is InChI=1S/C42H43ClN6O6/c43-36-21-33(8-3-28(36)22-44)55-32-9-4-30(5-10-32)45-39(51)26-1-6-31(7-2-26)48-17-13-25(14-18-48)23-47-16-15-27-19-34-35(20-29(27)24-47)42(54)49(41(34)53)37-11-12-38(50)46-40(37)52/h1-3,6-8,19-21,25,30,32,37H,4-5,9-18,23-24H2,(H,45,51)(H,46,50,52)/t30-,32-,37?. The molecule has 284 valence electrons. The van der Waals surface area contributed by atoms with Gasteiger partial charge in [-0.2, -0.15) is 5.26 Å². The number of halogens is 1. The van der Waals surface area contributed by atoms with Gasteiger partial charge >= 0.3 is 0 Å². The van der Waals surface area contributed by atoms with E-state index in [1.54, 1.807) is 18.2 Å². The summed E-state index contributed by atoms with van der Waals surface area (Å²) in [4.78, 5) is 69.7. The van der Waals surface area contributed by atoms with E-state index in [0.717, 1.165) is 92.8 Å². The molecule has 2 N–H and O–H groups in total. The van der Waals surface area contributed by atoms with Crippen LogP contribution in [0.2, 0.25) is 5.02 Å². The quantitative estimate of drug-likeness (QED) is 0.302. The molecule has 0 bridgehead atoms. The lowest BCUT2D eigenvalue weighted by atomic mass is 9.91. The number of nitrogens with one attached hydrogen (secondary N) is 2. The van der Waals surface area contributed by atoms with Crippen molar-refractivity contribution in [2.75, 3.05) is 31.1 Å². The Kier molecular flexibility index (Phi) is 10.3. The Balaban J connectivity index is 0.787. The van der Waals surface area contributed by atoms with Crippen LogP contribution in [0.4, 0.5) is 5.69 Å². The van der Waals surface area contributed by atoms with E-state index in [4.69, 9.17) is 21.6 Å². The van der Waals surface area contributed by atoms with Gasteiger partial charge in [-0.15, -0.1) is 0 Å². The topological polar surface area (TPSA) is 152 Å². The van der Waals surface area contributed by atoms with E-state index >= 15 is 0 Å². The highest BCUT2D eigenvalue weighted by Crippen LogP contribution is 2.33. The Morgan fingerprint density at radius 1 is 0.855 bits per heavy atom. The summed E-state index contributed by atoms with van der Waals surface area (Å²) >= 11 is 6.15. The number of imide groups is 2. The molecule has 13 heteroatoms. The third-order valence-electron chi connectivity index (χ3n) is 11.9. The average Bonchev–Trinajstić information content (AvgIpc) is 3.42. The molecule has 3 fully saturated rings. The first kappa shape index (κ1) is 36.7. The summed E-state index contributed by atoms with van der Waals surface area (Å²) in [5, 5.41) is 14.9. The van der Waals surface area contributed by atoms with Gasteiger partial charge in [0.05, 0.1) is 27.8 Å². The molecule has 3 aromatic carbocycles. The number of nitrogens with zero attached hydrogens (tertiary/aromatic N) is 4. The molecule has 5 aliphatic rings. The van der Waals surface area contributed by atoms with E-state index in [9.17, 15) is 24.0 Å². The lowest BCUT2D eigenvalue weighted by Gasteiger charge is -2.37. The molecule has 12 nitrogen and oxygen atoms in total. The van der Waals surface area contributed by atoms with Crippen molar-refractivity contribution in [1.82, 2.24) is 20.4 Å². The van der Waals surface area contributed by atoms with Gasteiger partial charge in [0, 0.05) is 62.5 Å². The molecular formula is C42H43ClN6O6. The molecular weight excluding hydrogens is 720 g/mol. The first-order valence-electron chi connectivity index (χ1n) is 19.3. The van der Waals surface area contributed by atoms with Gasteiger partial charge in [0.1, 0.15) is 17.9 Å². The Morgan fingerprint density at radius 2 is 1.56 bits per heavy atom. The highest BCUT2D eigenvalue weighted by molar-refractivity contribution is 6.31. The van der Waals surface area contributed by atoms with E-state index in [-0.39, 0.29) is 36.8 Å². The van der Waals surface area contributed by atoms with Crippen LogP contribution < -0.4 is 20.3 Å². The van der Waals surface area contributed by atoms with Crippen LogP contribution in [0.1, 0.15) is 99.1 Å². The van der Waals surface area contributed by atoms with Crippen molar-refractivity contribution >= 4 is 46.8 Å². The van der Waals surface area contributed by atoms with E-state index in [0.29, 0.717) is 45.5 Å². The Hall–Kier alpha value is -5.25. The fourth-order valence-electron chi connectivity index (χ4n) is 8.75. The van der Waals surface area contributed by atoms with Crippen molar-refractivity contribution in [2.24, 2.45) is 5.92 Å². The maximum absolute atomic E-state index is 13.4. The number of piperidine rings is 2. The van der Waals surface area contributed by atoms with Crippen LogP contribution in [0.15, 0.2) is 54.6 Å². The zero-order chi connectivity index (χ0) is 38.2. The van der Waals surface area contributed by atoms with Gasteiger partial charge in [-0.3, -0.25) is 39.1 Å². The summed E-state index contributed by atoms with van der Waals surface area (Å²) in [7, 11) is 0. The molecule has 1 aliphatic carbocycles. The molecule has 8 rings (SSSR count). The van der Waals surface area contributed by atoms with Crippen LogP contribution in [-0.4, -0.2) is 83.7 Å². The summed E-state index contributed by atoms with van der Waals surface area (Å²) < 4.78 is 6.09. The van der Waals surface area contributed by atoms with E-state index in [1.165, 1.54) is 0 Å². The molecule has 1 unspecified atom stereocenters. The maximum Gasteiger partial charge on any atom is 0.262 e. The van der Waals surface area contributed by atoms with Crippen LogP contribution in [0.25, 0.3) is 0 Å². The Morgan fingerprint density at radius 3 is 2.24 bits per heavy atom. The number of anilines is 1. The minimum atomic E-state index is -0.964. The molecule has 4 heterocycles. The second-order valence-electron chi connectivity index (χ2n) is 15.4. The number of nitriles is 1. The van der Waals surface area contributed by atoms with Crippen molar-refractivity contribution in [1.29, 1.82) is 5.26 Å². The van der Waals surface area contributed by atoms with E-state index in [2.05, 4.69) is 26.5 Å². The average molecular weight is 763 g/mol. The fourth-order valence-corrected chi connectivity index (χ4v) is 8.96. The lowest BCUT2D eigenvalue weighted by Crippen LogP contribution is -2.54. The van der Waals surface area contributed by atoms with Crippen molar-refractivity contribution < 1.29 is 28.7 Å². The molecule has 0 aromatic heterocycles. The smallest absolute Gasteiger partial charge is 0.262 e. The summed E-state index contributed by atoms with van der Waals surface area (Å²) in [5.41, 5.74) is 4.99. The first-order valence-corrected chi connectivity index (χ1v) is 19.6. The van der Waals surface area contributed by atoms with Crippen LogP contribution in [0.3, 0.4) is 0 Å². The fraction of sp³-hybridized carbons (Fsp3) is 0.429. The zero-order valence-corrected chi connectivity index (χ0v) is 31.3. The van der Waals surface area contributed by atoms with Crippen LogP contribution in [-0.2, 0) is 22.6 Å². The largest absolute Gasteiger partial charge is 0.490 e. The summed E-state index contributed by atoms with van der Waals surface area (Å²) in [6.07, 6.45) is 6.46.